The summed E-state index contributed by atoms with van der Waals surface area (Å²) in [5.74, 6) is -1.49. The van der Waals surface area contributed by atoms with Gasteiger partial charge >= 0.3 is 0 Å². The lowest BCUT2D eigenvalue weighted by atomic mass is 9.93. The third-order valence-corrected chi connectivity index (χ3v) is 3.33. The average Bonchev–Trinajstić information content (AvgIpc) is 2.44. The molecule has 2 rings (SSSR count). The molecule has 1 aromatic rings. The van der Waals surface area contributed by atoms with Crippen LogP contribution in [0.4, 0.5) is 8.78 Å². The fourth-order valence-electron chi connectivity index (χ4n) is 2.57. The van der Waals surface area contributed by atoms with E-state index in [4.69, 9.17) is 0 Å². The monoisotopic (exact) mass is 286 g/mol. The van der Waals surface area contributed by atoms with Gasteiger partial charge in [0.05, 0.1) is 0 Å². The second kappa shape index (κ2) is 8.32. The third-order valence-electron chi connectivity index (χ3n) is 3.33. The lowest BCUT2D eigenvalue weighted by molar-refractivity contribution is 0.302. The molecular weight excluding hydrogens is 258 g/mol. The van der Waals surface area contributed by atoms with Gasteiger partial charge in [0.25, 0.3) is 0 Å². The van der Waals surface area contributed by atoms with E-state index in [1.54, 1.807) is 12.1 Å². The number of nitrogens with one attached hydrogen (secondary N) is 2. The summed E-state index contributed by atoms with van der Waals surface area (Å²) in [5.41, 5.74) is 0.435. The summed E-state index contributed by atoms with van der Waals surface area (Å²) in [7, 11) is 0. The van der Waals surface area contributed by atoms with Crippen LogP contribution < -0.4 is 10.6 Å². The first-order chi connectivity index (χ1) is 9.58. The van der Waals surface area contributed by atoms with Crippen molar-refractivity contribution in [2.75, 3.05) is 6.54 Å². The molecule has 2 nitrogen and oxygen atoms in total. The molecule has 0 aromatic heterocycles. The third kappa shape index (κ3) is 4.53. The van der Waals surface area contributed by atoms with E-state index in [0.29, 0.717) is 17.6 Å². The van der Waals surface area contributed by atoms with E-state index < -0.39 is 11.6 Å². The SMILES string of the molecule is CC.CC(C)N[C@@H]1CCN[C@H](c2cccc(F)c2F)C1.[HH]. The molecule has 2 N–H and O–H groups in total. The van der Waals surface area contributed by atoms with Gasteiger partial charge in [0.1, 0.15) is 0 Å². The van der Waals surface area contributed by atoms with E-state index in [1.165, 1.54) is 0 Å². The Bertz CT molecular complexity index is 413. The lowest BCUT2D eigenvalue weighted by Crippen LogP contribution is -2.44. The molecule has 0 aliphatic carbocycles. The molecule has 0 spiro atoms. The van der Waals surface area contributed by atoms with Crippen LogP contribution in [0.3, 0.4) is 0 Å². The van der Waals surface area contributed by atoms with E-state index in [9.17, 15) is 8.78 Å². The van der Waals surface area contributed by atoms with Crippen molar-refractivity contribution in [1.82, 2.24) is 10.6 Å². The Morgan fingerprint density at radius 2 is 2.00 bits per heavy atom. The minimum Gasteiger partial charge on any atom is -0.312 e. The van der Waals surface area contributed by atoms with Gasteiger partial charge in [-0.05, 0) is 25.5 Å². The second-order valence-corrected chi connectivity index (χ2v) is 5.19. The maximum atomic E-state index is 13.7. The molecule has 0 saturated carbocycles. The molecule has 1 fully saturated rings. The van der Waals surface area contributed by atoms with E-state index in [1.807, 2.05) is 13.8 Å². The summed E-state index contributed by atoms with van der Waals surface area (Å²) >= 11 is 0. The Morgan fingerprint density at radius 1 is 1.30 bits per heavy atom. The summed E-state index contributed by atoms with van der Waals surface area (Å²) in [6.07, 6.45) is 1.81. The van der Waals surface area contributed by atoms with Crippen LogP contribution in [0, 0.1) is 11.6 Å². The van der Waals surface area contributed by atoms with E-state index in [-0.39, 0.29) is 7.47 Å². The number of piperidine rings is 1. The molecule has 20 heavy (non-hydrogen) atoms. The number of benzene rings is 1. The maximum Gasteiger partial charge on any atom is 0.163 e. The van der Waals surface area contributed by atoms with Crippen LogP contribution >= 0.6 is 0 Å². The molecule has 2 atom stereocenters. The summed E-state index contributed by atoms with van der Waals surface area (Å²) in [5, 5.41) is 6.72. The quantitative estimate of drug-likeness (QED) is 0.876. The minimum atomic E-state index is -0.770. The zero-order valence-electron chi connectivity index (χ0n) is 12.8. The van der Waals surface area contributed by atoms with Crippen LogP contribution in [-0.4, -0.2) is 18.6 Å². The van der Waals surface area contributed by atoms with Gasteiger partial charge in [-0.1, -0.05) is 39.8 Å². The van der Waals surface area contributed by atoms with Crippen molar-refractivity contribution in [2.45, 2.75) is 58.7 Å². The number of rotatable bonds is 3. The Morgan fingerprint density at radius 3 is 2.65 bits per heavy atom. The van der Waals surface area contributed by atoms with Gasteiger partial charge in [0.2, 0.25) is 0 Å². The van der Waals surface area contributed by atoms with Gasteiger partial charge < -0.3 is 10.6 Å². The normalized spacial score (nSPS) is 22.4. The molecule has 0 bridgehead atoms. The summed E-state index contributed by atoms with van der Waals surface area (Å²) in [6.45, 7) is 9.02. The van der Waals surface area contributed by atoms with Gasteiger partial charge in [-0.15, -0.1) is 0 Å². The van der Waals surface area contributed by atoms with Crippen molar-refractivity contribution in [3.63, 3.8) is 0 Å². The Hall–Kier alpha value is -1.00. The molecule has 4 heteroatoms. The highest BCUT2D eigenvalue weighted by Crippen LogP contribution is 2.26. The zero-order valence-corrected chi connectivity index (χ0v) is 12.8. The topological polar surface area (TPSA) is 24.1 Å². The fraction of sp³-hybridized carbons (Fsp3) is 0.625. The fourth-order valence-corrected chi connectivity index (χ4v) is 2.57. The van der Waals surface area contributed by atoms with Crippen LogP contribution in [0.2, 0.25) is 0 Å². The van der Waals surface area contributed by atoms with Crippen molar-refractivity contribution in [3.05, 3.63) is 35.4 Å². The van der Waals surface area contributed by atoms with E-state index in [2.05, 4.69) is 24.5 Å². The van der Waals surface area contributed by atoms with Crippen molar-refractivity contribution >= 4 is 0 Å². The minimum absolute atomic E-state index is 0. The van der Waals surface area contributed by atoms with Crippen LogP contribution in [0.5, 0.6) is 0 Å². The van der Waals surface area contributed by atoms with Crippen molar-refractivity contribution in [2.24, 2.45) is 0 Å². The standard InChI is InChI=1S/C14H20F2N2.C2H6.H2/c1-9(2)18-10-6-7-17-13(8-10)11-4-3-5-12(15)14(11)16;1-2;/h3-5,9-10,13,17-18H,6-8H2,1-2H3;1-2H3;1H/t10-,13+;;/m1../s1. The molecule has 0 amide bonds. The molecule has 116 valence electrons. The Kier molecular flexibility index (Phi) is 7.10. The van der Waals surface area contributed by atoms with Crippen molar-refractivity contribution in [1.29, 1.82) is 0 Å². The highest BCUT2D eigenvalue weighted by atomic mass is 19.2. The molecular formula is C16H28F2N2. The van der Waals surface area contributed by atoms with E-state index >= 15 is 0 Å². The largest absolute Gasteiger partial charge is 0.312 e. The smallest absolute Gasteiger partial charge is 0.163 e. The van der Waals surface area contributed by atoms with Crippen LogP contribution in [0.25, 0.3) is 0 Å². The van der Waals surface area contributed by atoms with Gasteiger partial charge in [-0.3, -0.25) is 0 Å². The molecule has 1 aliphatic heterocycles. The zero-order chi connectivity index (χ0) is 15.1. The lowest BCUT2D eigenvalue weighted by Gasteiger charge is -2.32. The van der Waals surface area contributed by atoms with E-state index in [0.717, 1.165) is 25.5 Å². The molecule has 1 heterocycles. The highest BCUT2D eigenvalue weighted by Gasteiger charge is 2.25. The Balaban J connectivity index is 0.00000128. The van der Waals surface area contributed by atoms with Crippen LogP contribution in [0.15, 0.2) is 18.2 Å². The van der Waals surface area contributed by atoms with Gasteiger partial charge in [-0.25, -0.2) is 8.78 Å². The first kappa shape index (κ1) is 17.1. The highest BCUT2D eigenvalue weighted by molar-refractivity contribution is 5.23. The average molecular weight is 286 g/mol. The number of hydrogen-bond donors (Lipinski definition) is 2. The van der Waals surface area contributed by atoms with Gasteiger partial charge in [0, 0.05) is 25.1 Å². The first-order valence-corrected chi connectivity index (χ1v) is 7.51. The van der Waals surface area contributed by atoms with Crippen LogP contribution in [0.1, 0.15) is 53.6 Å². The molecule has 1 saturated heterocycles. The van der Waals surface area contributed by atoms with Gasteiger partial charge in [0.15, 0.2) is 11.6 Å². The summed E-state index contributed by atoms with van der Waals surface area (Å²) in [4.78, 5) is 0. The number of halogens is 2. The Labute approximate surface area is 122 Å². The molecule has 1 aliphatic rings. The van der Waals surface area contributed by atoms with Crippen LogP contribution in [-0.2, 0) is 0 Å². The molecule has 0 radical (unpaired) electrons. The van der Waals surface area contributed by atoms with Crippen molar-refractivity contribution < 1.29 is 10.2 Å². The predicted molar refractivity (Wildman–Crippen MR) is 81.9 cm³/mol. The summed E-state index contributed by atoms with van der Waals surface area (Å²) in [6, 6.07) is 5.05. The maximum absolute atomic E-state index is 13.7. The molecule has 0 unspecified atom stereocenters. The first-order valence-electron chi connectivity index (χ1n) is 7.51. The number of hydrogen-bond acceptors (Lipinski definition) is 2. The van der Waals surface area contributed by atoms with Gasteiger partial charge in [-0.2, -0.15) is 0 Å². The van der Waals surface area contributed by atoms with Crippen molar-refractivity contribution in [3.8, 4) is 0 Å². The summed E-state index contributed by atoms with van der Waals surface area (Å²) < 4.78 is 27.0. The second-order valence-electron chi connectivity index (χ2n) is 5.19. The molecule has 1 aromatic carbocycles. The predicted octanol–water partition coefficient (Wildman–Crippen LogP) is 4.03.